The van der Waals surface area contributed by atoms with Crippen molar-refractivity contribution in [2.45, 2.75) is 6.04 Å². The Labute approximate surface area is 126 Å². The number of hydrogen-bond acceptors (Lipinski definition) is 2. The summed E-state index contributed by atoms with van der Waals surface area (Å²) in [5.41, 5.74) is 5.25. The van der Waals surface area contributed by atoms with Crippen LogP contribution in [-0.2, 0) is 0 Å². The zero-order valence-corrected chi connectivity index (χ0v) is 12.5. The lowest BCUT2D eigenvalue weighted by molar-refractivity contribution is 0.638. The first-order valence-corrected chi connectivity index (χ1v) is 7.29. The maximum Gasteiger partial charge on any atom is 0.0726 e. The van der Waals surface area contributed by atoms with Gasteiger partial charge in [0.25, 0.3) is 0 Å². The first-order valence-electron chi connectivity index (χ1n) is 6.49. The van der Waals surface area contributed by atoms with E-state index < -0.39 is 0 Å². The van der Waals surface area contributed by atoms with Crippen molar-refractivity contribution in [3.8, 4) is 0 Å². The number of nitrogens with two attached hydrogens (primary N) is 1. The first kappa shape index (κ1) is 13.3. The van der Waals surface area contributed by atoms with E-state index in [-0.39, 0.29) is 6.04 Å². The molecule has 0 spiro atoms. The van der Waals surface area contributed by atoms with Gasteiger partial charge in [-0.3, -0.25) is 5.84 Å². The van der Waals surface area contributed by atoms with Gasteiger partial charge in [0.15, 0.2) is 0 Å². The van der Waals surface area contributed by atoms with Crippen molar-refractivity contribution < 1.29 is 0 Å². The predicted molar refractivity (Wildman–Crippen MR) is 87.3 cm³/mol. The second kappa shape index (κ2) is 5.75. The number of hydrazine groups is 1. The molecule has 1 atom stereocenters. The second-order valence-electron chi connectivity index (χ2n) is 4.69. The van der Waals surface area contributed by atoms with E-state index in [1.165, 1.54) is 16.3 Å². The highest BCUT2D eigenvalue weighted by molar-refractivity contribution is 9.10. The van der Waals surface area contributed by atoms with Gasteiger partial charge < -0.3 is 0 Å². The van der Waals surface area contributed by atoms with Crippen molar-refractivity contribution in [1.82, 2.24) is 5.43 Å². The Morgan fingerprint density at radius 3 is 2.25 bits per heavy atom. The van der Waals surface area contributed by atoms with Crippen LogP contribution in [0.5, 0.6) is 0 Å². The molecule has 0 radical (unpaired) electrons. The van der Waals surface area contributed by atoms with Crippen molar-refractivity contribution in [3.63, 3.8) is 0 Å². The molecule has 0 heterocycles. The molecule has 0 aliphatic carbocycles. The Bertz CT molecular complexity index is 734. The normalized spacial score (nSPS) is 12.5. The summed E-state index contributed by atoms with van der Waals surface area (Å²) >= 11 is 3.60. The standard InChI is InChI=1S/C17H15BrN2/c18-16-11-4-3-9-15(16)17(20-19)14-10-5-7-12-6-1-2-8-13(12)14/h1-11,17,20H,19H2. The number of hydrogen-bond donors (Lipinski definition) is 2. The Morgan fingerprint density at radius 1 is 0.800 bits per heavy atom. The molecule has 0 fully saturated rings. The molecule has 0 aliphatic heterocycles. The van der Waals surface area contributed by atoms with Gasteiger partial charge in [0.1, 0.15) is 0 Å². The Kier molecular flexibility index (Phi) is 3.83. The molecule has 1 unspecified atom stereocenters. The number of rotatable bonds is 3. The van der Waals surface area contributed by atoms with Crippen LogP contribution >= 0.6 is 15.9 Å². The summed E-state index contributed by atoms with van der Waals surface area (Å²) < 4.78 is 1.05. The van der Waals surface area contributed by atoms with Crippen molar-refractivity contribution in [2.75, 3.05) is 0 Å². The van der Waals surface area contributed by atoms with E-state index in [2.05, 4.69) is 69.9 Å². The molecule has 3 rings (SSSR count). The van der Waals surface area contributed by atoms with Crippen LogP contribution in [0.25, 0.3) is 10.8 Å². The maximum absolute atomic E-state index is 5.83. The second-order valence-corrected chi connectivity index (χ2v) is 5.54. The van der Waals surface area contributed by atoms with E-state index in [4.69, 9.17) is 5.84 Å². The lowest BCUT2D eigenvalue weighted by Crippen LogP contribution is -2.29. The van der Waals surface area contributed by atoms with E-state index in [0.717, 1.165) is 10.0 Å². The molecule has 0 aromatic heterocycles. The number of halogens is 1. The topological polar surface area (TPSA) is 38.0 Å². The largest absolute Gasteiger partial charge is 0.271 e. The quantitative estimate of drug-likeness (QED) is 0.560. The third-order valence-electron chi connectivity index (χ3n) is 3.52. The molecule has 0 saturated carbocycles. The lowest BCUT2D eigenvalue weighted by atomic mass is 9.94. The van der Waals surface area contributed by atoms with Crippen LogP contribution in [-0.4, -0.2) is 0 Å². The summed E-state index contributed by atoms with van der Waals surface area (Å²) in [7, 11) is 0. The molecule has 3 aromatic carbocycles. The average molecular weight is 327 g/mol. The fourth-order valence-electron chi connectivity index (χ4n) is 2.56. The molecule has 0 aliphatic rings. The molecule has 3 N–H and O–H groups in total. The highest BCUT2D eigenvalue weighted by Crippen LogP contribution is 2.32. The molecular weight excluding hydrogens is 312 g/mol. The van der Waals surface area contributed by atoms with Gasteiger partial charge in [0.05, 0.1) is 6.04 Å². The van der Waals surface area contributed by atoms with Crippen LogP contribution in [0.3, 0.4) is 0 Å². The van der Waals surface area contributed by atoms with Crippen molar-refractivity contribution >= 4 is 26.7 Å². The van der Waals surface area contributed by atoms with E-state index in [9.17, 15) is 0 Å². The Hall–Kier alpha value is -1.68. The van der Waals surface area contributed by atoms with Gasteiger partial charge in [0, 0.05) is 4.47 Å². The zero-order valence-electron chi connectivity index (χ0n) is 10.9. The highest BCUT2D eigenvalue weighted by atomic mass is 79.9. The van der Waals surface area contributed by atoms with E-state index in [0.29, 0.717) is 0 Å². The SMILES string of the molecule is NNC(c1ccccc1Br)c1cccc2ccccc12. The van der Waals surface area contributed by atoms with Gasteiger partial charge in [-0.1, -0.05) is 76.6 Å². The Balaban J connectivity index is 2.20. The van der Waals surface area contributed by atoms with Gasteiger partial charge in [0.2, 0.25) is 0 Å². The maximum atomic E-state index is 5.83. The average Bonchev–Trinajstić information content (AvgIpc) is 2.50. The molecule has 3 heteroatoms. The third-order valence-corrected chi connectivity index (χ3v) is 4.24. The predicted octanol–water partition coefficient (Wildman–Crippen LogP) is 4.16. The van der Waals surface area contributed by atoms with Gasteiger partial charge in [-0.05, 0) is 28.0 Å². The molecule has 100 valence electrons. The third kappa shape index (κ3) is 2.36. The van der Waals surface area contributed by atoms with Crippen molar-refractivity contribution in [3.05, 3.63) is 82.3 Å². The zero-order chi connectivity index (χ0) is 13.9. The van der Waals surface area contributed by atoms with Gasteiger partial charge in [-0.15, -0.1) is 0 Å². The minimum Gasteiger partial charge on any atom is -0.271 e. The summed E-state index contributed by atoms with van der Waals surface area (Å²) in [6.07, 6.45) is 0. The molecule has 20 heavy (non-hydrogen) atoms. The molecular formula is C17H15BrN2. The van der Waals surface area contributed by atoms with Gasteiger partial charge >= 0.3 is 0 Å². The molecule has 0 bridgehead atoms. The van der Waals surface area contributed by atoms with Crippen LogP contribution in [0.15, 0.2) is 71.2 Å². The van der Waals surface area contributed by atoms with Gasteiger partial charge in [-0.2, -0.15) is 0 Å². The minimum absolute atomic E-state index is 0.0447. The van der Waals surface area contributed by atoms with E-state index in [1.54, 1.807) is 0 Å². The fourth-order valence-corrected chi connectivity index (χ4v) is 3.07. The molecule has 3 aromatic rings. The van der Waals surface area contributed by atoms with Crippen LogP contribution in [0, 0.1) is 0 Å². The highest BCUT2D eigenvalue weighted by Gasteiger charge is 2.16. The molecule has 0 amide bonds. The summed E-state index contributed by atoms with van der Waals surface area (Å²) in [4.78, 5) is 0. The molecule has 0 saturated heterocycles. The van der Waals surface area contributed by atoms with Crippen LogP contribution in [0.4, 0.5) is 0 Å². The summed E-state index contributed by atoms with van der Waals surface area (Å²) in [5.74, 6) is 5.83. The van der Waals surface area contributed by atoms with Crippen LogP contribution < -0.4 is 11.3 Å². The van der Waals surface area contributed by atoms with Crippen molar-refractivity contribution in [1.29, 1.82) is 0 Å². The lowest BCUT2D eigenvalue weighted by Gasteiger charge is -2.20. The minimum atomic E-state index is -0.0447. The first-order chi connectivity index (χ1) is 9.81. The monoisotopic (exact) mass is 326 g/mol. The summed E-state index contributed by atoms with van der Waals surface area (Å²) in [6, 6.07) is 22.8. The summed E-state index contributed by atoms with van der Waals surface area (Å²) in [5, 5.41) is 2.44. The number of fused-ring (bicyclic) bond motifs is 1. The van der Waals surface area contributed by atoms with Gasteiger partial charge in [-0.25, -0.2) is 5.43 Å². The fraction of sp³-hybridized carbons (Fsp3) is 0.0588. The Morgan fingerprint density at radius 2 is 1.45 bits per heavy atom. The summed E-state index contributed by atoms with van der Waals surface area (Å²) in [6.45, 7) is 0. The van der Waals surface area contributed by atoms with Crippen molar-refractivity contribution in [2.24, 2.45) is 5.84 Å². The number of nitrogens with one attached hydrogen (secondary N) is 1. The molecule has 2 nitrogen and oxygen atoms in total. The number of benzene rings is 3. The van der Waals surface area contributed by atoms with E-state index >= 15 is 0 Å². The van der Waals surface area contributed by atoms with Crippen LogP contribution in [0.1, 0.15) is 17.2 Å². The smallest absolute Gasteiger partial charge is 0.0726 e. The van der Waals surface area contributed by atoms with E-state index in [1.807, 2.05) is 18.2 Å². The van der Waals surface area contributed by atoms with Crippen LogP contribution in [0.2, 0.25) is 0 Å².